The fourth-order valence-corrected chi connectivity index (χ4v) is 3.50. The largest absolute Gasteiger partial charge is 0.393 e. The number of thiocarbonyl (C=S) groups is 1. The summed E-state index contributed by atoms with van der Waals surface area (Å²) in [6.45, 7) is 3.32. The third-order valence-electron chi connectivity index (χ3n) is 2.92. The molecule has 0 fully saturated rings. The molecule has 0 saturated heterocycles. The van der Waals surface area contributed by atoms with Crippen molar-refractivity contribution in [3.63, 3.8) is 0 Å². The van der Waals surface area contributed by atoms with Crippen LogP contribution in [0.3, 0.4) is 0 Å². The average molecular weight is 304 g/mol. The molecule has 0 radical (unpaired) electrons. The van der Waals surface area contributed by atoms with Crippen molar-refractivity contribution >= 4 is 27.2 Å². The zero-order valence-corrected chi connectivity index (χ0v) is 12.7. The van der Waals surface area contributed by atoms with Crippen LogP contribution in [-0.2, 0) is 10.0 Å². The summed E-state index contributed by atoms with van der Waals surface area (Å²) in [7, 11) is -2.33. The minimum atomic E-state index is -3.76. The van der Waals surface area contributed by atoms with E-state index in [9.17, 15) is 12.8 Å². The summed E-state index contributed by atoms with van der Waals surface area (Å²) >= 11 is 4.77. The van der Waals surface area contributed by atoms with Crippen molar-refractivity contribution in [2.24, 2.45) is 5.73 Å². The molecular formula is C12H17FN2O2S2. The van der Waals surface area contributed by atoms with Gasteiger partial charge in [0, 0.05) is 19.5 Å². The first-order valence-corrected chi connectivity index (χ1v) is 7.53. The summed E-state index contributed by atoms with van der Waals surface area (Å²) in [5.74, 6) is -0.584. The predicted molar refractivity (Wildman–Crippen MR) is 77.0 cm³/mol. The standard InChI is InChI=1S/C12H17FN2O2S2/c1-8-4-5-10(13)7-11(8)19(16,17)15(3)9(2)6-12(14)18/h4-5,7,9H,6H2,1-3H3,(H2,14,18). The normalized spacial score (nSPS) is 13.5. The lowest BCUT2D eigenvalue weighted by molar-refractivity contribution is 0.396. The van der Waals surface area contributed by atoms with E-state index >= 15 is 0 Å². The zero-order chi connectivity index (χ0) is 14.8. The van der Waals surface area contributed by atoms with E-state index in [4.69, 9.17) is 18.0 Å². The third-order valence-corrected chi connectivity index (χ3v) is 5.20. The number of halogens is 1. The Bertz CT molecular complexity index is 587. The highest BCUT2D eigenvalue weighted by Crippen LogP contribution is 2.22. The van der Waals surface area contributed by atoms with E-state index in [-0.39, 0.29) is 22.3 Å². The lowest BCUT2D eigenvalue weighted by atomic mass is 10.2. The molecule has 1 unspecified atom stereocenters. The molecule has 7 heteroatoms. The van der Waals surface area contributed by atoms with Crippen molar-refractivity contribution in [3.8, 4) is 0 Å². The van der Waals surface area contributed by atoms with Crippen LogP contribution in [0.4, 0.5) is 4.39 Å². The van der Waals surface area contributed by atoms with Crippen LogP contribution < -0.4 is 5.73 Å². The fourth-order valence-electron chi connectivity index (χ4n) is 1.66. The Hall–Kier alpha value is -1.05. The van der Waals surface area contributed by atoms with Crippen LogP contribution in [0.2, 0.25) is 0 Å². The number of benzene rings is 1. The van der Waals surface area contributed by atoms with Crippen molar-refractivity contribution in [1.82, 2.24) is 4.31 Å². The van der Waals surface area contributed by atoms with E-state index in [1.807, 2.05) is 0 Å². The number of aryl methyl sites for hydroxylation is 1. The van der Waals surface area contributed by atoms with Crippen LogP contribution in [0.25, 0.3) is 0 Å². The Labute approximate surface area is 118 Å². The van der Waals surface area contributed by atoms with Gasteiger partial charge in [-0.3, -0.25) is 0 Å². The molecular weight excluding hydrogens is 287 g/mol. The zero-order valence-electron chi connectivity index (χ0n) is 11.1. The molecule has 0 aliphatic heterocycles. The Balaban J connectivity index is 3.16. The summed E-state index contributed by atoms with van der Waals surface area (Å²) in [4.78, 5) is 0.204. The second kappa shape index (κ2) is 5.94. The van der Waals surface area contributed by atoms with E-state index in [1.165, 1.54) is 19.2 Å². The second-order valence-corrected chi connectivity index (χ2v) is 6.94. The van der Waals surface area contributed by atoms with Crippen LogP contribution >= 0.6 is 12.2 Å². The molecule has 0 bridgehead atoms. The van der Waals surface area contributed by atoms with Gasteiger partial charge in [-0.15, -0.1) is 0 Å². The third kappa shape index (κ3) is 3.71. The number of hydrogen-bond donors (Lipinski definition) is 1. The van der Waals surface area contributed by atoms with E-state index in [0.29, 0.717) is 5.56 Å². The van der Waals surface area contributed by atoms with E-state index < -0.39 is 15.8 Å². The Morgan fingerprint density at radius 1 is 1.53 bits per heavy atom. The average Bonchev–Trinajstić information content (AvgIpc) is 2.30. The quantitative estimate of drug-likeness (QED) is 0.843. The highest BCUT2D eigenvalue weighted by Gasteiger charge is 2.27. The van der Waals surface area contributed by atoms with E-state index in [0.717, 1.165) is 10.4 Å². The molecule has 0 saturated carbocycles. The molecule has 0 aromatic heterocycles. The van der Waals surface area contributed by atoms with Crippen LogP contribution in [0.15, 0.2) is 23.1 Å². The highest BCUT2D eigenvalue weighted by atomic mass is 32.2. The predicted octanol–water partition coefficient (Wildman–Crippen LogP) is 1.82. The van der Waals surface area contributed by atoms with Gasteiger partial charge in [0.2, 0.25) is 10.0 Å². The number of nitrogens with two attached hydrogens (primary N) is 1. The maximum Gasteiger partial charge on any atom is 0.243 e. The highest BCUT2D eigenvalue weighted by molar-refractivity contribution is 7.89. The van der Waals surface area contributed by atoms with Gasteiger partial charge in [-0.2, -0.15) is 4.31 Å². The molecule has 2 N–H and O–H groups in total. The molecule has 0 spiro atoms. The molecule has 106 valence electrons. The minimum absolute atomic E-state index is 0.0372. The maximum absolute atomic E-state index is 13.2. The Morgan fingerprint density at radius 2 is 2.11 bits per heavy atom. The molecule has 19 heavy (non-hydrogen) atoms. The van der Waals surface area contributed by atoms with Gasteiger partial charge >= 0.3 is 0 Å². The van der Waals surface area contributed by atoms with Crippen molar-refractivity contribution < 1.29 is 12.8 Å². The second-order valence-electron chi connectivity index (χ2n) is 4.45. The van der Waals surface area contributed by atoms with Crippen LogP contribution in [-0.4, -0.2) is 30.8 Å². The van der Waals surface area contributed by atoms with E-state index in [2.05, 4.69) is 0 Å². The molecule has 4 nitrogen and oxygen atoms in total. The minimum Gasteiger partial charge on any atom is -0.393 e. The van der Waals surface area contributed by atoms with Gasteiger partial charge in [-0.25, -0.2) is 12.8 Å². The van der Waals surface area contributed by atoms with Crippen LogP contribution in [0.1, 0.15) is 18.9 Å². The molecule has 1 aromatic carbocycles. The van der Waals surface area contributed by atoms with Crippen molar-refractivity contribution in [3.05, 3.63) is 29.6 Å². The van der Waals surface area contributed by atoms with Crippen molar-refractivity contribution in [1.29, 1.82) is 0 Å². The lowest BCUT2D eigenvalue weighted by Gasteiger charge is -2.24. The topological polar surface area (TPSA) is 63.4 Å². The summed E-state index contributed by atoms with van der Waals surface area (Å²) in [5, 5.41) is 0. The van der Waals surface area contributed by atoms with Crippen molar-refractivity contribution in [2.45, 2.75) is 31.2 Å². The first-order valence-electron chi connectivity index (χ1n) is 5.68. The van der Waals surface area contributed by atoms with Gasteiger partial charge < -0.3 is 5.73 Å². The van der Waals surface area contributed by atoms with Crippen LogP contribution in [0.5, 0.6) is 0 Å². The number of sulfonamides is 1. The first-order chi connectivity index (χ1) is 8.66. The maximum atomic E-state index is 13.2. The van der Waals surface area contributed by atoms with Crippen molar-refractivity contribution in [2.75, 3.05) is 7.05 Å². The van der Waals surface area contributed by atoms with Gasteiger partial charge in [-0.05, 0) is 31.5 Å². The molecule has 0 aliphatic rings. The SMILES string of the molecule is Cc1ccc(F)cc1S(=O)(=O)N(C)C(C)CC(N)=S. The molecule has 1 aromatic rings. The van der Waals surface area contributed by atoms with E-state index in [1.54, 1.807) is 13.8 Å². The molecule has 1 atom stereocenters. The molecule has 1 rings (SSSR count). The molecule has 0 amide bonds. The van der Waals surface area contributed by atoms with Gasteiger partial charge in [0.15, 0.2) is 0 Å². The number of rotatable bonds is 5. The van der Waals surface area contributed by atoms with Gasteiger partial charge in [-0.1, -0.05) is 18.3 Å². The lowest BCUT2D eigenvalue weighted by Crippen LogP contribution is -2.37. The fraction of sp³-hybridized carbons (Fsp3) is 0.417. The monoisotopic (exact) mass is 304 g/mol. The number of nitrogens with zero attached hydrogens (tertiary/aromatic N) is 1. The summed E-state index contributed by atoms with van der Waals surface area (Å²) in [6, 6.07) is 3.31. The Kier molecular flexibility index (Phi) is 5.00. The smallest absolute Gasteiger partial charge is 0.243 e. The van der Waals surface area contributed by atoms with Gasteiger partial charge in [0.1, 0.15) is 5.82 Å². The summed E-state index contributed by atoms with van der Waals surface area (Å²) in [6.07, 6.45) is 0.277. The number of hydrogen-bond acceptors (Lipinski definition) is 3. The Morgan fingerprint density at radius 3 is 2.63 bits per heavy atom. The summed E-state index contributed by atoms with van der Waals surface area (Å²) < 4.78 is 39.2. The first kappa shape index (κ1) is 16.0. The molecule has 0 heterocycles. The van der Waals surface area contributed by atoms with Gasteiger partial charge in [0.05, 0.1) is 9.88 Å². The summed E-state index contributed by atoms with van der Waals surface area (Å²) in [5.41, 5.74) is 5.91. The van der Waals surface area contributed by atoms with Gasteiger partial charge in [0.25, 0.3) is 0 Å². The van der Waals surface area contributed by atoms with Crippen LogP contribution in [0, 0.1) is 12.7 Å². The molecule has 0 aliphatic carbocycles.